The number of hydrogen-bond donors (Lipinski definition) is 1. The van der Waals surface area contributed by atoms with Gasteiger partial charge in [0.25, 0.3) is 5.91 Å². The van der Waals surface area contributed by atoms with Crippen molar-refractivity contribution in [2.24, 2.45) is 0 Å². The van der Waals surface area contributed by atoms with Gasteiger partial charge in [-0.1, -0.05) is 0 Å². The molecule has 0 bridgehead atoms. The van der Waals surface area contributed by atoms with Gasteiger partial charge in [-0.3, -0.25) is 4.79 Å². The molecule has 0 spiro atoms. The van der Waals surface area contributed by atoms with E-state index < -0.39 is 17.5 Å². The first kappa shape index (κ1) is 13.8. The molecule has 1 amide bonds. The van der Waals surface area contributed by atoms with Crippen LogP contribution < -0.4 is 5.32 Å². The lowest BCUT2D eigenvalue weighted by atomic mass is 10.2. The van der Waals surface area contributed by atoms with E-state index in [0.29, 0.717) is 5.82 Å². The van der Waals surface area contributed by atoms with Crippen molar-refractivity contribution in [3.8, 4) is 5.82 Å². The van der Waals surface area contributed by atoms with Crippen molar-refractivity contribution in [2.45, 2.75) is 0 Å². The molecular formula is C14H9F2N5O. The summed E-state index contributed by atoms with van der Waals surface area (Å²) in [5.74, 6) is -2.04. The zero-order chi connectivity index (χ0) is 15.5. The van der Waals surface area contributed by atoms with Crippen LogP contribution in [0.2, 0.25) is 0 Å². The maximum absolute atomic E-state index is 13.1. The summed E-state index contributed by atoms with van der Waals surface area (Å²) in [7, 11) is 0. The van der Waals surface area contributed by atoms with Crippen molar-refractivity contribution in [3.63, 3.8) is 0 Å². The zero-order valence-electron chi connectivity index (χ0n) is 11.1. The largest absolute Gasteiger partial charge is 0.306 e. The van der Waals surface area contributed by atoms with E-state index in [1.807, 2.05) is 0 Å². The van der Waals surface area contributed by atoms with Crippen molar-refractivity contribution in [1.82, 2.24) is 19.7 Å². The van der Waals surface area contributed by atoms with E-state index in [9.17, 15) is 13.6 Å². The van der Waals surface area contributed by atoms with Gasteiger partial charge in [0.2, 0.25) is 0 Å². The summed E-state index contributed by atoms with van der Waals surface area (Å²) >= 11 is 0. The van der Waals surface area contributed by atoms with Crippen LogP contribution in [0, 0.1) is 11.6 Å². The van der Waals surface area contributed by atoms with Crippen molar-refractivity contribution >= 4 is 11.7 Å². The SMILES string of the molecule is O=C(Nc1cc(-n2cccn2)ncn1)c1ccc(F)c(F)c1. The van der Waals surface area contributed by atoms with E-state index >= 15 is 0 Å². The molecule has 1 N–H and O–H groups in total. The van der Waals surface area contributed by atoms with Crippen molar-refractivity contribution in [3.05, 3.63) is 66.3 Å². The van der Waals surface area contributed by atoms with Gasteiger partial charge in [-0.25, -0.2) is 23.4 Å². The Kier molecular flexibility index (Phi) is 3.57. The fourth-order valence-corrected chi connectivity index (χ4v) is 1.77. The number of benzene rings is 1. The topological polar surface area (TPSA) is 72.7 Å². The van der Waals surface area contributed by atoms with Crippen LogP contribution in [0.25, 0.3) is 5.82 Å². The molecule has 0 radical (unpaired) electrons. The molecule has 0 fully saturated rings. The summed E-state index contributed by atoms with van der Waals surface area (Å²) in [6.45, 7) is 0. The second-order valence-corrected chi connectivity index (χ2v) is 4.30. The summed E-state index contributed by atoms with van der Waals surface area (Å²) in [5, 5.41) is 6.50. The smallest absolute Gasteiger partial charge is 0.256 e. The third-order valence-electron chi connectivity index (χ3n) is 2.82. The molecule has 8 heteroatoms. The number of nitrogens with one attached hydrogen (secondary N) is 1. The van der Waals surface area contributed by atoms with Gasteiger partial charge in [0, 0.05) is 24.0 Å². The van der Waals surface area contributed by atoms with Crippen molar-refractivity contribution < 1.29 is 13.6 Å². The maximum Gasteiger partial charge on any atom is 0.256 e. The highest BCUT2D eigenvalue weighted by atomic mass is 19.2. The average Bonchev–Trinajstić information content (AvgIpc) is 3.04. The van der Waals surface area contributed by atoms with Gasteiger partial charge in [0.05, 0.1) is 0 Å². The van der Waals surface area contributed by atoms with Gasteiger partial charge in [-0.2, -0.15) is 5.10 Å². The van der Waals surface area contributed by atoms with Crippen LogP contribution in [0.3, 0.4) is 0 Å². The molecule has 0 atom stereocenters. The number of anilines is 1. The van der Waals surface area contributed by atoms with Crippen LogP contribution in [0.1, 0.15) is 10.4 Å². The second kappa shape index (κ2) is 5.68. The molecule has 3 rings (SSSR count). The lowest BCUT2D eigenvalue weighted by Gasteiger charge is -2.06. The molecule has 2 heterocycles. The lowest BCUT2D eigenvalue weighted by molar-refractivity contribution is 0.102. The molecule has 2 aromatic heterocycles. The van der Waals surface area contributed by atoms with E-state index in [4.69, 9.17) is 0 Å². The van der Waals surface area contributed by atoms with Gasteiger partial charge in [-0.05, 0) is 24.3 Å². The third-order valence-corrected chi connectivity index (χ3v) is 2.82. The van der Waals surface area contributed by atoms with Gasteiger partial charge in [-0.15, -0.1) is 0 Å². The Hall–Kier alpha value is -3.16. The number of nitrogens with zero attached hydrogens (tertiary/aromatic N) is 4. The van der Waals surface area contributed by atoms with Gasteiger partial charge >= 0.3 is 0 Å². The molecule has 6 nitrogen and oxygen atoms in total. The zero-order valence-corrected chi connectivity index (χ0v) is 11.1. The van der Waals surface area contributed by atoms with E-state index in [2.05, 4.69) is 20.4 Å². The summed E-state index contributed by atoms with van der Waals surface area (Å²) in [4.78, 5) is 19.9. The third kappa shape index (κ3) is 2.80. The Morgan fingerprint density at radius 2 is 2.00 bits per heavy atom. The summed E-state index contributed by atoms with van der Waals surface area (Å²) < 4.78 is 27.5. The van der Waals surface area contributed by atoms with Crippen LogP contribution in [-0.4, -0.2) is 25.7 Å². The summed E-state index contributed by atoms with van der Waals surface area (Å²) in [6, 6.07) is 6.12. The number of carbonyl (C=O) groups is 1. The minimum absolute atomic E-state index is 0.0156. The van der Waals surface area contributed by atoms with Crippen LogP contribution in [0.15, 0.2) is 49.1 Å². The molecule has 22 heavy (non-hydrogen) atoms. The number of aromatic nitrogens is 4. The fraction of sp³-hybridized carbons (Fsp3) is 0. The highest BCUT2D eigenvalue weighted by Gasteiger charge is 2.11. The molecule has 0 saturated carbocycles. The molecule has 0 unspecified atom stereocenters. The number of rotatable bonds is 3. The summed E-state index contributed by atoms with van der Waals surface area (Å²) in [5.41, 5.74) is -0.0156. The Labute approximate surface area is 123 Å². The Balaban J connectivity index is 1.82. The van der Waals surface area contributed by atoms with Crippen LogP contribution >= 0.6 is 0 Å². The molecule has 0 aliphatic rings. The monoisotopic (exact) mass is 301 g/mol. The maximum atomic E-state index is 13.1. The number of amides is 1. The predicted octanol–water partition coefficient (Wildman–Crippen LogP) is 2.19. The summed E-state index contributed by atoms with van der Waals surface area (Å²) in [6.07, 6.45) is 4.53. The highest BCUT2D eigenvalue weighted by Crippen LogP contribution is 2.12. The normalized spacial score (nSPS) is 10.5. The van der Waals surface area contributed by atoms with Crippen LogP contribution in [0.4, 0.5) is 14.6 Å². The van der Waals surface area contributed by atoms with E-state index in [1.165, 1.54) is 23.1 Å². The highest BCUT2D eigenvalue weighted by molar-refractivity contribution is 6.03. The van der Waals surface area contributed by atoms with Crippen LogP contribution in [0.5, 0.6) is 0 Å². The molecule has 0 aliphatic heterocycles. The quantitative estimate of drug-likeness (QED) is 0.805. The number of carbonyl (C=O) groups excluding carboxylic acids is 1. The Morgan fingerprint density at radius 3 is 2.73 bits per heavy atom. The molecular weight excluding hydrogens is 292 g/mol. The Morgan fingerprint density at radius 1 is 1.14 bits per heavy atom. The predicted molar refractivity (Wildman–Crippen MR) is 73.5 cm³/mol. The molecule has 1 aromatic carbocycles. The van der Waals surface area contributed by atoms with E-state index in [0.717, 1.165) is 12.1 Å². The van der Waals surface area contributed by atoms with Gasteiger partial charge < -0.3 is 5.32 Å². The Bertz CT molecular complexity index is 820. The first-order valence-electron chi connectivity index (χ1n) is 6.22. The molecule has 110 valence electrons. The minimum Gasteiger partial charge on any atom is -0.306 e. The molecule has 0 aliphatic carbocycles. The molecule has 0 saturated heterocycles. The second-order valence-electron chi connectivity index (χ2n) is 4.30. The first-order chi connectivity index (χ1) is 10.6. The standard InChI is InChI=1S/C14H9F2N5O/c15-10-3-2-9(6-11(10)16)14(22)20-12-7-13(18-8-17-12)21-5-1-4-19-21/h1-8H,(H,17,18,20,22). The minimum atomic E-state index is -1.09. The van der Waals surface area contributed by atoms with E-state index in [1.54, 1.807) is 18.5 Å². The lowest BCUT2D eigenvalue weighted by Crippen LogP contribution is -2.14. The van der Waals surface area contributed by atoms with Gasteiger partial charge in [0.15, 0.2) is 17.5 Å². The molecule has 3 aromatic rings. The van der Waals surface area contributed by atoms with Crippen LogP contribution in [-0.2, 0) is 0 Å². The number of halogens is 2. The average molecular weight is 301 g/mol. The first-order valence-corrected chi connectivity index (χ1v) is 6.22. The van der Waals surface area contributed by atoms with E-state index in [-0.39, 0.29) is 11.4 Å². The number of hydrogen-bond acceptors (Lipinski definition) is 4. The van der Waals surface area contributed by atoms with Crippen molar-refractivity contribution in [2.75, 3.05) is 5.32 Å². The van der Waals surface area contributed by atoms with Crippen molar-refractivity contribution in [1.29, 1.82) is 0 Å². The van der Waals surface area contributed by atoms with Gasteiger partial charge in [0.1, 0.15) is 12.1 Å². The fourth-order valence-electron chi connectivity index (χ4n) is 1.77.